The summed E-state index contributed by atoms with van der Waals surface area (Å²) in [5.41, 5.74) is 2.70. The normalized spacial score (nSPS) is 11.5. The van der Waals surface area contributed by atoms with Crippen molar-refractivity contribution in [2.24, 2.45) is 0 Å². The van der Waals surface area contributed by atoms with Gasteiger partial charge in [0.05, 0.1) is 18.1 Å². The Balaban J connectivity index is 1.85. The van der Waals surface area contributed by atoms with E-state index in [0.29, 0.717) is 17.0 Å². The average molecular weight is 413 g/mol. The minimum atomic E-state index is -5.17. The molecule has 0 radical (unpaired) electrons. The van der Waals surface area contributed by atoms with Crippen LogP contribution < -0.4 is 4.74 Å². The zero-order valence-corrected chi connectivity index (χ0v) is 15.5. The lowest BCUT2D eigenvalue weighted by molar-refractivity contribution is -0.189. The molecule has 2 N–H and O–H groups in total. The fourth-order valence-corrected chi connectivity index (χ4v) is 2.91. The lowest BCUT2D eigenvalue weighted by Crippen LogP contribution is -2.28. The zero-order chi connectivity index (χ0) is 21.3. The van der Waals surface area contributed by atoms with Crippen molar-refractivity contribution >= 4 is 5.97 Å². The highest BCUT2D eigenvalue weighted by Gasteiger charge is 2.42. The summed E-state index contributed by atoms with van der Waals surface area (Å²) < 4.78 is 43.5. The van der Waals surface area contributed by atoms with Crippen LogP contribution in [0.5, 0.6) is 5.75 Å². The molecule has 7 nitrogen and oxygen atoms in total. The fourth-order valence-electron chi connectivity index (χ4n) is 2.91. The molecule has 4 aromatic rings. The number of carbonyl (C=O) groups is 1. The molecular weight excluding hydrogens is 399 g/mol. The van der Waals surface area contributed by atoms with Gasteiger partial charge in [-0.05, 0) is 18.6 Å². The van der Waals surface area contributed by atoms with Gasteiger partial charge in [-0.25, -0.2) is 14.8 Å². The summed E-state index contributed by atoms with van der Waals surface area (Å²) >= 11 is 0. The molecule has 3 heterocycles. The molecule has 0 fully saturated rings. The van der Waals surface area contributed by atoms with Crippen molar-refractivity contribution in [2.75, 3.05) is 0 Å². The van der Waals surface area contributed by atoms with Gasteiger partial charge in [0.25, 0.3) is 0 Å². The predicted molar refractivity (Wildman–Crippen MR) is 101 cm³/mol. The maximum absolute atomic E-state index is 12.9. The van der Waals surface area contributed by atoms with Gasteiger partial charge < -0.3 is 9.72 Å². The van der Waals surface area contributed by atoms with Gasteiger partial charge in [-0.3, -0.25) is 5.10 Å². The summed E-state index contributed by atoms with van der Waals surface area (Å²) in [4.78, 5) is 23.0. The van der Waals surface area contributed by atoms with E-state index in [9.17, 15) is 18.0 Å². The van der Waals surface area contributed by atoms with Crippen LogP contribution >= 0.6 is 0 Å². The summed E-state index contributed by atoms with van der Waals surface area (Å²) in [7, 11) is 0. The van der Waals surface area contributed by atoms with Gasteiger partial charge in [-0.15, -0.1) is 0 Å². The zero-order valence-electron chi connectivity index (χ0n) is 15.5. The van der Waals surface area contributed by atoms with Gasteiger partial charge in [0.2, 0.25) is 0 Å². The van der Waals surface area contributed by atoms with Gasteiger partial charge in [0.15, 0.2) is 11.6 Å². The molecule has 0 atom stereocenters. The van der Waals surface area contributed by atoms with Gasteiger partial charge in [-0.1, -0.05) is 30.3 Å². The van der Waals surface area contributed by atoms with Crippen molar-refractivity contribution in [3.8, 4) is 39.7 Å². The Morgan fingerprint density at radius 1 is 1.03 bits per heavy atom. The molecule has 0 amide bonds. The number of halogens is 3. The van der Waals surface area contributed by atoms with E-state index in [1.54, 1.807) is 6.92 Å². The van der Waals surface area contributed by atoms with Gasteiger partial charge in [0, 0.05) is 23.0 Å². The van der Waals surface area contributed by atoms with Crippen LogP contribution in [-0.2, 0) is 4.79 Å². The number of nitrogens with zero attached hydrogens (tertiary/aromatic N) is 3. The highest BCUT2D eigenvalue weighted by atomic mass is 19.4. The third-order valence-electron chi connectivity index (χ3n) is 4.34. The number of pyridine rings is 1. The van der Waals surface area contributed by atoms with Crippen molar-refractivity contribution in [2.45, 2.75) is 13.1 Å². The highest BCUT2D eigenvalue weighted by molar-refractivity contribution is 5.86. The molecule has 10 heteroatoms. The van der Waals surface area contributed by atoms with Crippen molar-refractivity contribution in [3.05, 3.63) is 60.7 Å². The van der Waals surface area contributed by atoms with E-state index in [2.05, 4.69) is 25.1 Å². The minimum absolute atomic E-state index is 0.0344. The van der Waals surface area contributed by atoms with Crippen LogP contribution in [-0.4, -0.2) is 37.3 Å². The summed E-state index contributed by atoms with van der Waals surface area (Å²) in [5, 5.41) is 6.59. The molecule has 0 spiro atoms. The van der Waals surface area contributed by atoms with Crippen LogP contribution in [0.2, 0.25) is 0 Å². The topological polar surface area (TPSA) is 96.6 Å². The number of esters is 1. The molecule has 0 bridgehead atoms. The maximum atomic E-state index is 12.9. The third kappa shape index (κ3) is 3.66. The molecule has 0 aliphatic heterocycles. The van der Waals surface area contributed by atoms with E-state index in [-0.39, 0.29) is 22.8 Å². The smallest absolute Gasteiger partial charge is 0.417 e. The quantitative estimate of drug-likeness (QED) is 0.486. The number of H-pyrrole nitrogens is 2. The van der Waals surface area contributed by atoms with E-state index in [1.807, 2.05) is 30.3 Å². The third-order valence-corrected chi connectivity index (χ3v) is 4.34. The molecule has 152 valence electrons. The molecule has 0 saturated heterocycles. The van der Waals surface area contributed by atoms with Crippen LogP contribution in [0.25, 0.3) is 33.9 Å². The minimum Gasteiger partial charge on any atom is -0.417 e. The first-order valence-corrected chi connectivity index (χ1v) is 8.73. The lowest BCUT2D eigenvalue weighted by Gasteiger charge is -2.13. The molecule has 4 rings (SSSR count). The molecule has 1 aromatic carbocycles. The number of hydrogen-bond donors (Lipinski definition) is 2. The van der Waals surface area contributed by atoms with Crippen molar-refractivity contribution in [1.29, 1.82) is 0 Å². The van der Waals surface area contributed by atoms with Crippen molar-refractivity contribution in [1.82, 2.24) is 25.1 Å². The number of nitrogens with one attached hydrogen (secondary N) is 2. The van der Waals surface area contributed by atoms with Crippen LogP contribution in [0, 0.1) is 6.92 Å². The molecule has 0 aliphatic rings. The first-order valence-electron chi connectivity index (χ1n) is 8.73. The van der Waals surface area contributed by atoms with E-state index in [4.69, 9.17) is 4.74 Å². The first-order chi connectivity index (χ1) is 14.3. The van der Waals surface area contributed by atoms with Crippen molar-refractivity contribution < 1.29 is 22.7 Å². The molecular formula is C20H14F3N5O2. The first kappa shape index (κ1) is 19.4. The lowest BCUT2D eigenvalue weighted by atomic mass is 10.1. The van der Waals surface area contributed by atoms with E-state index in [0.717, 1.165) is 5.56 Å². The second-order valence-corrected chi connectivity index (χ2v) is 6.34. The van der Waals surface area contributed by atoms with Crippen LogP contribution in [0.15, 0.2) is 55.0 Å². The molecule has 0 saturated carbocycles. The Hall–Kier alpha value is -3.95. The van der Waals surface area contributed by atoms with Crippen LogP contribution in [0.3, 0.4) is 0 Å². The molecule has 3 aromatic heterocycles. The second kappa shape index (κ2) is 7.47. The van der Waals surface area contributed by atoms with E-state index >= 15 is 0 Å². The number of aromatic amines is 2. The van der Waals surface area contributed by atoms with Gasteiger partial charge >= 0.3 is 12.1 Å². The van der Waals surface area contributed by atoms with Gasteiger partial charge in [-0.2, -0.15) is 18.3 Å². The summed E-state index contributed by atoms with van der Waals surface area (Å²) in [6.45, 7) is 1.69. The monoisotopic (exact) mass is 413 g/mol. The average Bonchev–Trinajstić information content (AvgIpc) is 3.37. The number of ether oxygens (including phenoxy) is 1. The largest absolute Gasteiger partial charge is 0.491 e. The Morgan fingerprint density at radius 2 is 1.80 bits per heavy atom. The maximum Gasteiger partial charge on any atom is 0.491 e. The number of rotatable bonds is 4. The Morgan fingerprint density at radius 3 is 2.47 bits per heavy atom. The number of hydrogen-bond acceptors (Lipinski definition) is 5. The van der Waals surface area contributed by atoms with Crippen LogP contribution in [0.4, 0.5) is 13.2 Å². The van der Waals surface area contributed by atoms with Crippen molar-refractivity contribution in [3.63, 3.8) is 0 Å². The number of aromatic nitrogens is 5. The Labute approximate surface area is 168 Å². The van der Waals surface area contributed by atoms with Gasteiger partial charge in [0.1, 0.15) is 5.69 Å². The number of aryl methyl sites for hydroxylation is 1. The molecule has 0 unspecified atom stereocenters. The van der Waals surface area contributed by atoms with Crippen LogP contribution in [0.1, 0.15) is 5.69 Å². The summed E-state index contributed by atoms with van der Waals surface area (Å²) in [5.74, 6) is -2.56. The molecule has 0 aliphatic carbocycles. The summed E-state index contributed by atoms with van der Waals surface area (Å²) in [6, 6.07) is 10.7. The Kier molecular flexibility index (Phi) is 4.82. The number of benzene rings is 1. The summed E-state index contributed by atoms with van der Waals surface area (Å²) in [6.07, 6.45) is -0.824. The molecule has 30 heavy (non-hydrogen) atoms. The number of alkyl halides is 3. The SMILES string of the molecule is Cc1[nH]ncc1-c1ccnc(-c2ncc(-c3ccccc3)[nH]2)c1OC(=O)C(F)(F)F. The number of carbonyl (C=O) groups excluding carboxylic acids is 1. The second-order valence-electron chi connectivity index (χ2n) is 6.34. The standard InChI is InChI=1S/C20H14F3N5O2/c1-11-14(9-26-28-11)13-7-8-24-16(17(13)30-19(29)20(21,22)23)18-25-10-15(27-18)12-5-3-2-4-6-12/h2-10H,1H3,(H,25,27)(H,26,28). The van der Waals surface area contributed by atoms with E-state index in [1.165, 1.54) is 24.7 Å². The highest BCUT2D eigenvalue weighted by Crippen LogP contribution is 2.39. The predicted octanol–water partition coefficient (Wildman–Crippen LogP) is 4.30. The van der Waals surface area contributed by atoms with E-state index < -0.39 is 12.1 Å². The fraction of sp³-hybridized carbons (Fsp3) is 0.100. The number of imidazole rings is 1. The Bertz CT molecular complexity index is 1200.